The summed E-state index contributed by atoms with van der Waals surface area (Å²) >= 11 is 11.5. The largest absolute Gasteiger partial charge is 0.336 e. The Morgan fingerprint density at radius 1 is 1.12 bits per heavy atom. The van der Waals surface area contributed by atoms with Crippen molar-refractivity contribution >= 4 is 35.4 Å². The Morgan fingerprint density at radius 2 is 1.75 bits per heavy atom. The van der Waals surface area contributed by atoms with E-state index in [2.05, 4.69) is 5.32 Å². The van der Waals surface area contributed by atoms with E-state index < -0.39 is 0 Å². The van der Waals surface area contributed by atoms with Crippen LogP contribution in [0.5, 0.6) is 0 Å². The summed E-state index contributed by atoms with van der Waals surface area (Å²) in [7, 11) is 1.88. The van der Waals surface area contributed by atoms with Crippen LogP contribution in [0.2, 0.25) is 10.0 Å². The van der Waals surface area contributed by atoms with Crippen LogP contribution in [0.15, 0.2) is 18.2 Å². The molecule has 0 aliphatic carbocycles. The molecule has 6 heteroatoms. The number of amides is 1. The van der Waals surface area contributed by atoms with Gasteiger partial charge in [0.05, 0.1) is 6.54 Å². The lowest BCUT2D eigenvalue weighted by molar-refractivity contribution is -0.132. The molecule has 0 bridgehead atoms. The summed E-state index contributed by atoms with van der Waals surface area (Å²) in [5, 5.41) is 4.39. The highest BCUT2D eigenvalue weighted by Gasteiger charge is 2.14. The zero-order valence-electron chi connectivity index (χ0n) is 14.8. The van der Waals surface area contributed by atoms with Crippen molar-refractivity contribution in [2.75, 3.05) is 20.1 Å². The van der Waals surface area contributed by atoms with Crippen molar-refractivity contribution in [3.8, 4) is 0 Å². The number of likely N-dealkylation sites (tertiary alicyclic amines) is 1. The van der Waals surface area contributed by atoms with Crippen molar-refractivity contribution in [1.29, 1.82) is 0 Å². The minimum absolute atomic E-state index is 0.134. The SMILES string of the molecule is CC.CNCc1cc(Cl)cc(Cl)c1.O=CCN1CCCCCC1=O. The van der Waals surface area contributed by atoms with E-state index in [0.717, 1.165) is 44.2 Å². The molecule has 24 heavy (non-hydrogen) atoms. The van der Waals surface area contributed by atoms with E-state index in [-0.39, 0.29) is 12.5 Å². The fourth-order valence-corrected chi connectivity index (χ4v) is 2.81. The first-order valence-corrected chi connectivity index (χ1v) is 9.13. The quantitative estimate of drug-likeness (QED) is 0.797. The first-order chi connectivity index (χ1) is 11.6. The predicted molar refractivity (Wildman–Crippen MR) is 102 cm³/mol. The van der Waals surface area contributed by atoms with Crippen molar-refractivity contribution in [3.05, 3.63) is 33.8 Å². The lowest BCUT2D eigenvalue weighted by Crippen LogP contribution is -2.31. The van der Waals surface area contributed by atoms with Gasteiger partial charge in [-0.05, 0) is 43.7 Å². The Labute approximate surface area is 155 Å². The summed E-state index contributed by atoms with van der Waals surface area (Å²) in [6.07, 6.45) is 4.55. The summed E-state index contributed by atoms with van der Waals surface area (Å²) < 4.78 is 0. The Bertz CT molecular complexity index is 476. The number of aldehydes is 1. The van der Waals surface area contributed by atoms with Gasteiger partial charge >= 0.3 is 0 Å². The first-order valence-electron chi connectivity index (χ1n) is 8.37. The molecule has 0 unspecified atom stereocenters. The molecule has 0 atom stereocenters. The molecule has 1 amide bonds. The number of halogens is 2. The van der Waals surface area contributed by atoms with Crippen molar-refractivity contribution in [2.24, 2.45) is 0 Å². The fraction of sp³-hybridized carbons (Fsp3) is 0.556. The molecule has 0 radical (unpaired) electrons. The van der Waals surface area contributed by atoms with Gasteiger partial charge in [-0.2, -0.15) is 0 Å². The molecule has 1 aromatic carbocycles. The Kier molecular flexibility index (Phi) is 13.6. The molecule has 1 aromatic rings. The second kappa shape index (κ2) is 14.3. The fourth-order valence-electron chi connectivity index (χ4n) is 2.24. The summed E-state index contributed by atoms with van der Waals surface area (Å²) in [5.74, 6) is 0.134. The maximum Gasteiger partial charge on any atom is 0.222 e. The average Bonchev–Trinajstić information content (AvgIpc) is 2.75. The van der Waals surface area contributed by atoms with E-state index in [4.69, 9.17) is 23.2 Å². The van der Waals surface area contributed by atoms with Crippen LogP contribution in [-0.2, 0) is 16.1 Å². The van der Waals surface area contributed by atoms with E-state index in [1.54, 1.807) is 11.0 Å². The number of carbonyl (C=O) groups is 2. The third-order valence-corrected chi connectivity index (χ3v) is 3.71. The minimum atomic E-state index is 0.134. The van der Waals surface area contributed by atoms with Crippen LogP contribution in [0.1, 0.15) is 45.1 Å². The minimum Gasteiger partial charge on any atom is -0.336 e. The summed E-state index contributed by atoms with van der Waals surface area (Å²) in [6, 6.07) is 5.51. The molecule has 1 aliphatic heterocycles. The van der Waals surface area contributed by atoms with E-state index in [0.29, 0.717) is 16.5 Å². The van der Waals surface area contributed by atoms with Gasteiger partial charge < -0.3 is 15.0 Å². The van der Waals surface area contributed by atoms with Gasteiger partial charge in [0.25, 0.3) is 0 Å². The Balaban J connectivity index is 0.000000400. The maximum absolute atomic E-state index is 11.2. The first kappa shape index (κ1) is 22.9. The highest BCUT2D eigenvalue weighted by Crippen LogP contribution is 2.18. The van der Waals surface area contributed by atoms with Gasteiger partial charge in [0.2, 0.25) is 5.91 Å². The number of rotatable bonds is 4. The number of hydrogen-bond acceptors (Lipinski definition) is 3. The predicted octanol–water partition coefficient (Wildman–Crippen LogP) is 4.33. The third-order valence-electron chi connectivity index (χ3n) is 3.27. The Morgan fingerprint density at radius 3 is 2.29 bits per heavy atom. The van der Waals surface area contributed by atoms with Crippen LogP contribution in [-0.4, -0.2) is 37.2 Å². The lowest BCUT2D eigenvalue weighted by Gasteiger charge is -2.16. The second-order valence-corrected chi connectivity index (χ2v) is 6.00. The molecular formula is C18H28Cl2N2O2. The van der Waals surface area contributed by atoms with Crippen LogP contribution in [0.3, 0.4) is 0 Å². The van der Waals surface area contributed by atoms with Gasteiger partial charge in [0.15, 0.2) is 0 Å². The molecule has 1 saturated heterocycles. The van der Waals surface area contributed by atoms with Gasteiger partial charge in [-0.3, -0.25) is 4.79 Å². The van der Waals surface area contributed by atoms with Crippen LogP contribution >= 0.6 is 23.2 Å². The van der Waals surface area contributed by atoms with Crippen LogP contribution in [0, 0.1) is 0 Å². The lowest BCUT2D eigenvalue weighted by atomic mass is 10.2. The highest BCUT2D eigenvalue weighted by molar-refractivity contribution is 6.34. The normalized spacial score (nSPS) is 13.9. The molecule has 1 heterocycles. The number of hydrogen-bond donors (Lipinski definition) is 1. The topological polar surface area (TPSA) is 49.4 Å². The molecule has 0 spiro atoms. The maximum atomic E-state index is 11.2. The molecule has 1 aliphatic rings. The zero-order chi connectivity index (χ0) is 18.4. The molecule has 0 aromatic heterocycles. The molecule has 2 rings (SSSR count). The summed E-state index contributed by atoms with van der Waals surface area (Å²) in [6.45, 7) is 5.83. The zero-order valence-corrected chi connectivity index (χ0v) is 16.3. The smallest absolute Gasteiger partial charge is 0.222 e. The van der Waals surface area contributed by atoms with Crippen LogP contribution in [0.25, 0.3) is 0 Å². The highest BCUT2D eigenvalue weighted by atomic mass is 35.5. The van der Waals surface area contributed by atoms with Gasteiger partial charge in [-0.1, -0.05) is 43.5 Å². The molecule has 4 nitrogen and oxygen atoms in total. The molecule has 0 saturated carbocycles. The number of nitrogens with one attached hydrogen (secondary N) is 1. The number of carbonyl (C=O) groups excluding carboxylic acids is 2. The van der Waals surface area contributed by atoms with E-state index in [9.17, 15) is 9.59 Å². The van der Waals surface area contributed by atoms with Crippen molar-refractivity contribution in [2.45, 2.75) is 46.1 Å². The number of nitrogens with zero attached hydrogens (tertiary/aromatic N) is 1. The third kappa shape index (κ3) is 9.91. The molecular weight excluding hydrogens is 347 g/mol. The monoisotopic (exact) mass is 374 g/mol. The standard InChI is InChI=1S/C8H9Cl2N.C8H13NO2.C2H6/c1-11-5-6-2-7(9)4-8(10)3-6;10-7-6-9-5-3-1-2-4-8(9)11;1-2/h2-4,11H,5H2,1H3;7H,1-6H2;1-2H3. The van der Waals surface area contributed by atoms with Crippen LogP contribution in [0.4, 0.5) is 0 Å². The Hall–Kier alpha value is -1.10. The van der Waals surface area contributed by atoms with Gasteiger partial charge in [-0.15, -0.1) is 0 Å². The van der Waals surface area contributed by atoms with Crippen molar-refractivity contribution in [3.63, 3.8) is 0 Å². The molecule has 1 fully saturated rings. The van der Waals surface area contributed by atoms with Crippen molar-refractivity contribution in [1.82, 2.24) is 10.2 Å². The summed E-state index contributed by atoms with van der Waals surface area (Å²) in [4.78, 5) is 22.9. The average molecular weight is 375 g/mol. The van der Waals surface area contributed by atoms with Crippen LogP contribution < -0.4 is 5.32 Å². The van der Waals surface area contributed by atoms with Gasteiger partial charge in [0.1, 0.15) is 6.29 Å². The number of benzene rings is 1. The van der Waals surface area contributed by atoms with E-state index >= 15 is 0 Å². The molecule has 1 N–H and O–H groups in total. The molecule has 136 valence electrons. The van der Waals surface area contributed by atoms with Gasteiger partial charge in [0, 0.05) is 29.6 Å². The van der Waals surface area contributed by atoms with Crippen molar-refractivity contribution < 1.29 is 9.59 Å². The second-order valence-electron chi connectivity index (χ2n) is 5.13. The van der Waals surface area contributed by atoms with Gasteiger partial charge in [-0.25, -0.2) is 0 Å². The van der Waals surface area contributed by atoms with E-state index in [1.165, 1.54) is 0 Å². The van der Waals surface area contributed by atoms with E-state index in [1.807, 2.05) is 33.0 Å². The summed E-state index contributed by atoms with van der Waals surface area (Å²) in [5.41, 5.74) is 1.10.